The van der Waals surface area contributed by atoms with Crippen LogP contribution < -0.4 is 11.1 Å². The van der Waals surface area contributed by atoms with Crippen molar-refractivity contribution >= 4 is 11.6 Å². The van der Waals surface area contributed by atoms with Gasteiger partial charge in [0.2, 0.25) is 0 Å². The summed E-state index contributed by atoms with van der Waals surface area (Å²) in [6.07, 6.45) is 0.908. The minimum absolute atomic E-state index is 0.234. The van der Waals surface area contributed by atoms with Gasteiger partial charge in [-0.3, -0.25) is 0 Å². The van der Waals surface area contributed by atoms with Crippen molar-refractivity contribution in [3.63, 3.8) is 0 Å². The fraction of sp³-hybridized carbons (Fsp3) is 0.217. The summed E-state index contributed by atoms with van der Waals surface area (Å²) in [5, 5.41) is 4.35. The lowest BCUT2D eigenvalue weighted by Gasteiger charge is -2.17. The third-order valence-corrected chi connectivity index (χ3v) is 5.07. The van der Waals surface area contributed by atoms with E-state index in [-0.39, 0.29) is 6.04 Å². The summed E-state index contributed by atoms with van der Waals surface area (Å²) < 4.78 is 0. The van der Waals surface area contributed by atoms with Crippen LogP contribution in [-0.2, 0) is 13.0 Å². The molecule has 3 N–H and O–H groups in total. The van der Waals surface area contributed by atoms with Crippen LogP contribution in [0.15, 0.2) is 72.8 Å². The van der Waals surface area contributed by atoms with Crippen molar-refractivity contribution in [2.75, 3.05) is 6.54 Å². The zero-order valence-electron chi connectivity index (χ0n) is 15.1. The van der Waals surface area contributed by atoms with Crippen molar-refractivity contribution in [3.8, 4) is 11.1 Å². The fourth-order valence-electron chi connectivity index (χ4n) is 3.00. The maximum Gasteiger partial charge on any atom is 0.0438 e. The summed E-state index contributed by atoms with van der Waals surface area (Å²) in [5.41, 5.74) is 12.0. The Labute approximate surface area is 161 Å². The Hall–Kier alpha value is -2.13. The quantitative estimate of drug-likeness (QED) is 0.620. The molecule has 0 saturated heterocycles. The van der Waals surface area contributed by atoms with Gasteiger partial charge in [-0.05, 0) is 47.2 Å². The first-order chi connectivity index (χ1) is 12.7. The van der Waals surface area contributed by atoms with Crippen LogP contribution in [0.4, 0.5) is 0 Å². The van der Waals surface area contributed by atoms with E-state index in [1.54, 1.807) is 0 Å². The van der Waals surface area contributed by atoms with Crippen molar-refractivity contribution in [2.24, 2.45) is 5.73 Å². The maximum atomic E-state index is 6.21. The largest absolute Gasteiger partial charge is 0.329 e. The predicted molar refractivity (Wildman–Crippen MR) is 111 cm³/mol. The second kappa shape index (κ2) is 9.00. The van der Waals surface area contributed by atoms with Gasteiger partial charge in [-0.15, -0.1) is 0 Å². The molecule has 134 valence electrons. The minimum atomic E-state index is 0.234. The van der Waals surface area contributed by atoms with Crippen LogP contribution in [0.5, 0.6) is 0 Å². The topological polar surface area (TPSA) is 38.0 Å². The molecule has 0 aliphatic heterocycles. The van der Waals surface area contributed by atoms with Crippen molar-refractivity contribution < 1.29 is 0 Å². The summed E-state index contributed by atoms with van der Waals surface area (Å²) in [4.78, 5) is 0. The van der Waals surface area contributed by atoms with Crippen LogP contribution in [0.25, 0.3) is 11.1 Å². The van der Waals surface area contributed by atoms with E-state index in [4.69, 9.17) is 17.3 Å². The number of nitrogens with two attached hydrogens (primary N) is 1. The summed E-state index contributed by atoms with van der Waals surface area (Å²) in [7, 11) is 0. The highest BCUT2D eigenvalue weighted by Crippen LogP contribution is 2.20. The van der Waals surface area contributed by atoms with Gasteiger partial charge < -0.3 is 11.1 Å². The summed E-state index contributed by atoms with van der Waals surface area (Å²) in [6.45, 7) is 3.38. The van der Waals surface area contributed by atoms with Crippen LogP contribution in [0, 0.1) is 6.92 Å². The summed E-state index contributed by atoms with van der Waals surface area (Å²) in [6, 6.07) is 25.6. The smallest absolute Gasteiger partial charge is 0.0438 e. The predicted octanol–water partition coefficient (Wildman–Crippen LogP) is 4.98. The second-order valence-corrected chi connectivity index (χ2v) is 7.07. The molecule has 0 spiro atoms. The first kappa shape index (κ1) is 18.7. The molecule has 3 heteroatoms. The monoisotopic (exact) mass is 364 g/mol. The van der Waals surface area contributed by atoms with Gasteiger partial charge in [-0.2, -0.15) is 0 Å². The zero-order chi connectivity index (χ0) is 18.4. The van der Waals surface area contributed by atoms with Crippen LogP contribution in [0.2, 0.25) is 5.02 Å². The number of rotatable bonds is 7. The molecule has 0 radical (unpaired) electrons. The molecule has 0 heterocycles. The first-order valence-electron chi connectivity index (χ1n) is 8.98. The third-order valence-electron chi connectivity index (χ3n) is 4.66. The van der Waals surface area contributed by atoms with E-state index in [1.807, 2.05) is 19.1 Å². The van der Waals surface area contributed by atoms with Gasteiger partial charge in [0.1, 0.15) is 0 Å². The lowest BCUT2D eigenvalue weighted by Crippen LogP contribution is -2.37. The van der Waals surface area contributed by atoms with Gasteiger partial charge in [0.25, 0.3) is 0 Å². The summed E-state index contributed by atoms with van der Waals surface area (Å²) in [5.74, 6) is 0. The van der Waals surface area contributed by atoms with E-state index in [1.165, 1.54) is 22.3 Å². The third kappa shape index (κ3) is 4.95. The number of hydrogen-bond donors (Lipinski definition) is 2. The summed E-state index contributed by atoms with van der Waals surface area (Å²) >= 11 is 6.21. The molecule has 1 atom stereocenters. The molecule has 26 heavy (non-hydrogen) atoms. The molecule has 3 aromatic rings. The lowest BCUT2D eigenvalue weighted by molar-refractivity contribution is 0.515. The van der Waals surface area contributed by atoms with Crippen LogP contribution in [-0.4, -0.2) is 12.6 Å². The molecule has 3 rings (SSSR count). The standard InChI is InChI=1S/C23H25ClN2/c1-17-7-8-19(14-23(17)24)16-26-22(15-25)13-18-9-11-21(12-10-18)20-5-3-2-4-6-20/h2-12,14,22,26H,13,15-16,25H2,1H3. The van der Waals surface area contributed by atoms with Crippen molar-refractivity contribution in [1.82, 2.24) is 5.32 Å². The first-order valence-corrected chi connectivity index (χ1v) is 9.36. The van der Waals surface area contributed by atoms with Gasteiger partial charge in [-0.25, -0.2) is 0 Å². The Morgan fingerprint density at radius 2 is 1.54 bits per heavy atom. The van der Waals surface area contributed by atoms with E-state index in [2.05, 4.69) is 66.0 Å². The highest BCUT2D eigenvalue weighted by molar-refractivity contribution is 6.31. The average molecular weight is 365 g/mol. The molecule has 1 unspecified atom stereocenters. The van der Waals surface area contributed by atoms with E-state index < -0.39 is 0 Å². The molecule has 0 bridgehead atoms. The van der Waals surface area contributed by atoms with E-state index in [0.717, 1.165) is 23.6 Å². The maximum absolute atomic E-state index is 6.21. The average Bonchev–Trinajstić information content (AvgIpc) is 2.69. The van der Waals surface area contributed by atoms with Gasteiger partial charge >= 0.3 is 0 Å². The molecule has 0 aliphatic carbocycles. The minimum Gasteiger partial charge on any atom is -0.329 e. The van der Waals surface area contributed by atoms with Crippen LogP contribution in [0.3, 0.4) is 0 Å². The molecular formula is C23H25ClN2. The van der Waals surface area contributed by atoms with E-state index in [0.29, 0.717) is 6.54 Å². The normalized spacial score (nSPS) is 12.1. The van der Waals surface area contributed by atoms with Crippen molar-refractivity contribution in [3.05, 3.63) is 94.5 Å². The van der Waals surface area contributed by atoms with Crippen LogP contribution in [0.1, 0.15) is 16.7 Å². The van der Waals surface area contributed by atoms with Gasteiger partial charge in [0.15, 0.2) is 0 Å². The second-order valence-electron chi connectivity index (χ2n) is 6.66. The molecule has 0 amide bonds. The molecule has 0 saturated carbocycles. The number of benzene rings is 3. The molecule has 0 aromatic heterocycles. The molecule has 2 nitrogen and oxygen atoms in total. The van der Waals surface area contributed by atoms with Gasteiger partial charge in [-0.1, -0.05) is 78.3 Å². The Balaban J connectivity index is 1.60. The van der Waals surface area contributed by atoms with Crippen LogP contribution >= 0.6 is 11.6 Å². The number of nitrogens with one attached hydrogen (secondary N) is 1. The molecule has 3 aromatic carbocycles. The fourth-order valence-corrected chi connectivity index (χ4v) is 3.20. The Bertz CT molecular complexity index is 829. The Kier molecular flexibility index (Phi) is 6.45. The highest BCUT2D eigenvalue weighted by atomic mass is 35.5. The number of aryl methyl sites for hydroxylation is 1. The zero-order valence-corrected chi connectivity index (χ0v) is 15.8. The Morgan fingerprint density at radius 1 is 0.885 bits per heavy atom. The number of hydrogen-bond acceptors (Lipinski definition) is 2. The lowest BCUT2D eigenvalue weighted by atomic mass is 10.0. The molecular weight excluding hydrogens is 340 g/mol. The molecule has 0 aliphatic rings. The van der Waals surface area contributed by atoms with E-state index in [9.17, 15) is 0 Å². The van der Waals surface area contributed by atoms with Gasteiger partial charge in [0.05, 0.1) is 0 Å². The Morgan fingerprint density at radius 3 is 2.19 bits per heavy atom. The van der Waals surface area contributed by atoms with Crippen molar-refractivity contribution in [2.45, 2.75) is 25.9 Å². The SMILES string of the molecule is Cc1ccc(CNC(CN)Cc2ccc(-c3ccccc3)cc2)cc1Cl. The van der Waals surface area contributed by atoms with Crippen molar-refractivity contribution in [1.29, 1.82) is 0 Å². The van der Waals surface area contributed by atoms with Gasteiger partial charge in [0, 0.05) is 24.2 Å². The molecule has 0 fully saturated rings. The van der Waals surface area contributed by atoms with E-state index >= 15 is 0 Å². The number of halogens is 1. The highest BCUT2D eigenvalue weighted by Gasteiger charge is 2.08.